The van der Waals surface area contributed by atoms with Crippen LogP contribution >= 0.6 is 0 Å². The highest BCUT2D eigenvalue weighted by Gasteiger charge is 1.96. The second-order valence-corrected chi connectivity index (χ2v) is 5.78. The number of hydrogen-bond acceptors (Lipinski definition) is 4. The second kappa shape index (κ2) is 17.5. The van der Waals surface area contributed by atoms with Gasteiger partial charge < -0.3 is 9.94 Å². The molecule has 1 N–H and O–H groups in total. The molecule has 0 atom stereocenters. The van der Waals surface area contributed by atoms with Gasteiger partial charge in [0.15, 0.2) is 0 Å². The molecule has 6 heteroatoms. The number of nitrogens with zero attached hydrogens (tertiary/aromatic N) is 1. The third kappa shape index (κ3) is 20.1. The Morgan fingerprint density at radius 3 is 2.00 bits per heavy atom. The Bertz CT molecular complexity index is 380. The van der Waals surface area contributed by atoms with E-state index in [-0.39, 0.29) is 6.61 Å². The summed E-state index contributed by atoms with van der Waals surface area (Å²) in [6.07, 6.45) is 20.0. The van der Waals surface area contributed by atoms with Crippen LogP contribution in [0.15, 0.2) is 24.3 Å². The zero-order valence-electron chi connectivity index (χ0n) is 14.5. The predicted molar refractivity (Wildman–Crippen MR) is 94.3 cm³/mol. The third-order valence-corrected chi connectivity index (χ3v) is 3.58. The molecule has 0 radical (unpaired) electrons. The highest BCUT2D eigenvalue weighted by molar-refractivity contribution is 5.66. The van der Waals surface area contributed by atoms with E-state index in [0.717, 1.165) is 57.8 Å². The average Bonchev–Trinajstić information content (AvgIpc) is 2.53. The maximum absolute atomic E-state index is 10.3. The maximum atomic E-state index is 10.3. The fourth-order valence-corrected chi connectivity index (χ4v) is 2.26. The van der Waals surface area contributed by atoms with Crippen molar-refractivity contribution in [1.82, 2.24) is 0 Å². The van der Waals surface area contributed by atoms with Crippen LogP contribution in [0.1, 0.15) is 77.0 Å². The molecule has 0 aliphatic carbocycles. The summed E-state index contributed by atoms with van der Waals surface area (Å²) in [5, 5.41) is 17.7. The molecule has 0 aromatic carbocycles. The van der Waals surface area contributed by atoms with Crippen molar-refractivity contribution in [3.8, 4) is 0 Å². The molecule has 0 rings (SSSR count). The molecular formula is C18H31NO5. The summed E-state index contributed by atoms with van der Waals surface area (Å²) in [4.78, 5) is 24.5. The smallest absolute Gasteiger partial charge is 0.303 e. The predicted octanol–water partition coefficient (Wildman–Crippen LogP) is 5.07. The van der Waals surface area contributed by atoms with Crippen molar-refractivity contribution in [1.29, 1.82) is 0 Å². The number of hydrogen-bond donors (Lipinski definition) is 1. The molecule has 0 bridgehead atoms. The molecule has 0 heterocycles. The summed E-state index contributed by atoms with van der Waals surface area (Å²) in [6, 6.07) is 0. The first-order valence-electron chi connectivity index (χ1n) is 8.92. The molecule has 0 spiro atoms. The van der Waals surface area contributed by atoms with Gasteiger partial charge in [-0.3, -0.25) is 4.79 Å². The lowest BCUT2D eigenvalue weighted by Crippen LogP contribution is -2.01. The van der Waals surface area contributed by atoms with E-state index >= 15 is 0 Å². The van der Waals surface area contributed by atoms with Crippen LogP contribution in [-0.2, 0) is 9.63 Å². The van der Waals surface area contributed by atoms with Gasteiger partial charge in [0, 0.05) is 6.42 Å². The van der Waals surface area contributed by atoms with Gasteiger partial charge in [-0.1, -0.05) is 50.0 Å². The van der Waals surface area contributed by atoms with E-state index in [1.54, 1.807) is 0 Å². The molecule has 0 saturated carbocycles. The van der Waals surface area contributed by atoms with Crippen LogP contribution in [0.4, 0.5) is 0 Å². The Morgan fingerprint density at radius 1 is 0.875 bits per heavy atom. The number of aliphatic carboxylic acids is 1. The van der Waals surface area contributed by atoms with Crippen LogP contribution in [-0.4, -0.2) is 22.8 Å². The number of unbranched alkanes of at least 4 members (excludes halogenated alkanes) is 8. The van der Waals surface area contributed by atoms with Crippen molar-refractivity contribution < 1.29 is 19.8 Å². The van der Waals surface area contributed by atoms with Crippen LogP contribution in [0.3, 0.4) is 0 Å². The number of rotatable bonds is 17. The number of carbonyl (C=O) groups is 1. The molecule has 0 aliphatic rings. The highest BCUT2D eigenvalue weighted by atomic mass is 16.9. The number of allylic oxidation sites excluding steroid dienone is 4. The van der Waals surface area contributed by atoms with Gasteiger partial charge >= 0.3 is 5.97 Å². The van der Waals surface area contributed by atoms with Crippen molar-refractivity contribution in [2.75, 3.05) is 6.61 Å². The molecule has 0 aromatic heterocycles. The van der Waals surface area contributed by atoms with Gasteiger partial charge in [-0.2, -0.15) is 0 Å². The van der Waals surface area contributed by atoms with Gasteiger partial charge in [0.2, 0.25) is 0 Å². The van der Waals surface area contributed by atoms with Gasteiger partial charge in [0.05, 0.1) is 6.61 Å². The van der Waals surface area contributed by atoms with E-state index in [0.29, 0.717) is 6.42 Å². The summed E-state index contributed by atoms with van der Waals surface area (Å²) >= 11 is 0. The first-order chi connectivity index (χ1) is 11.6. The third-order valence-electron chi connectivity index (χ3n) is 3.58. The number of carboxylic acid groups (broad SMARTS) is 1. The van der Waals surface area contributed by atoms with E-state index < -0.39 is 11.1 Å². The lowest BCUT2D eigenvalue weighted by atomic mass is 10.1. The van der Waals surface area contributed by atoms with Crippen LogP contribution in [0, 0.1) is 10.1 Å². The Morgan fingerprint density at radius 2 is 1.42 bits per heavy atom. The molecule has 0 unspecified atom stereocenters. The molecule has 0 fully saturated rings. The van der Waals surface area contributed by atoms with E-state index in [9.17, 15) is 14.9 Å². The van der Waals surface area contributed by atoms with Gasteiger partial charge in [-0.25, -0.2) is 0 Å². The molecule has 24 heavy (non-hydrogen) atoms. The van der Waals surface area contributed by atoms with Crippen LogP contribution in [0.2, 0.25) is 0 Å². The second-order valence-electron chi connectivity index (χ2n) is 5.78. The van der Waals surface area contributed by atoms with Crippen molar-refractivity contribution in [3.63, 3.8) is 0 Å². The normalized spacial score (nSPS) is 11.3. The highest BCUT2D eigenvalue weighted by Crippen LogP contribution is 2.08. The summed E-state index contributed by atoms with van der Waals surface area (Å²) in [5.74, 6) is -0.699. The van der Waals surface area contributed by atoms with Crippen LogP contribution < -0.4 is 0 Å². The lowest BCUT2D eigenvalue weighted by molar-refractivity contribution is -0.757. The quantitative estimate of drug-likeness (QED) is 0.173. The fraction of sp³-hybridized carbons (Fsp3) is 0.722. The molecule has 6 nitrogen and oxygen atoms in total. The summed E-state index contributed by atoms with van der Waals surface area (Å²) < 4.78 is 0. The molecule has 138 valence electrons. The standard InChI is InChI=1S/C18H31NO5/c20-18(21)16-14-12-10-8-6-4-2-1-3-5-7-9-11-13-15-17-24-19(22)23/h1-2,5,7H,3-4,6,8-17H2,(H,20,21)/b2-1-,7-5-. The van der Waals surface area contributed by atoms with Gasteiger partial charge in [-0.15, -0.1) is 10.1 Å². The van der Waals surface area contributed by atoms with Crippen molar-refractivity contribution in [2.24, 2.45) is 0 Å². The maximum Gasteiger partial charge on any atom is 0.303 e. The zero-order valence-corrected chi connectivity index (χ0v) is 14.5. The minimum absolute atomic E-state index is 0.193. The summed E-state index contributed by atoms with van der Waals surface area (Å²) in [6.45, 7) is 0.193. The topological polar surface area (TPSA) is 89.7 Å². The van der Waals surface area contributed by atoms with Gasteiger partial charge in [0.25, 0.3) is 5.09 Å². The Balaban J connectivity index is 3.22. The van der Waals surface area contributed by atoms with E-state index in [1.807, 2.05) is 0 Å². The Hall–Kier alpha value is -1.85. The first kappa shape index (κ1) is 22.1. The van der Waals surface area contributed by atoms with Crippen molar-refractivity contribution >= 4 is 5.97 Å². The Kier molecular flexibility index (Phi) is 16.2. The Labute approximate surface area is 144 Å². The van der Waals surface area contributed by atoms with Gasteiger partial charge in [-0.05, 0) is 44.9 Å². The van der Waals surface area contributed by atoms with E-state index in [1.165, 1.54) is 12.8 Å². The average molecular weight is 341 g/mol. The molecule has 0 amide bonds. The van der Waals surface area contributed by atoms with E-state index in [2.05, 4.69) is 29.1 Å². The van der Waals surface area contributed by atoms with E-state index in [4.69, 9.17) is 5.11 Å². The summed E-state index contributed by atoms with van der Waals surface area (Å²) in [5.41, 5.74) is 0. The number of carboxylic acids is 1. The van der Waals surface area contributed by atoms with Crippen LogP contribution in [0.25, 0.3) is 0 Å². The largest absolute Gasteiger partial charge is 0.481 e. The molecule has 0 aromatic rings. The molecule has 0 saturated heterocycles. The fourth-order valence-electron chi connectivity index (χ4n) is 2.26. The first-order valence-corrected chi connectivity index (χ1v) is 8.92. The monoisotopic (exact) mass is 341 g/mol. The minimum atomic E-state index is -0.744. The summed E-state index contributed by atoms with van der Waals surface area (Å²) in [7, 11) is 0. The van der Waals surface area contributed by atoms with Crippen molar-refractivity contribution in [3.05, 3.63) is 34.4 Å². The van der Waals surface area contributed by atoms with Crippen LogP contribution in [0.5, 0.6) is 0 Å². The minimum Gasteiger partial charge on any atom is -0.481 e. The molecular weight excluding hydrogens is 310 g/mol. The lowest BCUT2D eigenvalue weighted by Gasteiger charge is -1.98. The SMILES string of the molecule is O=C(O)CCCCCCC/C=C\C/C=C\CCCCCO[N+](=O)[O-]. The van der Waals surface area contributed by atoms with Gasteiger partial charge in [0.1, 0.15) is 0 Å². The molecule has 0 aliphatic heterocycles. The zero-order chi connectivity index (χ0) is 17.9. The van der Waals surface area contributed by atoms with Crippen molar-refractivity contribution in [2.45, 2.75) is 77.0 Å².